The maximum Gasteiger partial charge on any atom is 0.120 e. The molecule has 0 aliphatic rings. The van der Waals surface area contributed by atoms with Gasteiger partial charge in [-0.1, -0.05) is 49.8 Å². The average molecular weight is 398 g/mol. The molecule has 1 N–H and O–H groups in total. The second-order valence-electron chi connectivity index (χ2n) is 7.36. The lowest BCUT2D eigenvalue weighted by atomic mass is 10.0. The van der Waals surface area contributed by atoms with Crippen LogP contribution in [0.5, 0.6) is 5.75 Å². The fraction of sp³-hybridized carbons (Fsp3) is 0.360. The number of unbranched alkanes of at least 4 members (excludes halogenated alkanes) is 1. The molecule has 29 heavy (non-hydrogen) atoms. The van der Waals surface area contributed by atoms with E-state index in [2.05, 4.69) is 54.3 Å². The molecule has 0 fully saturated rings. The Labute approximate surface area is 174 Å². The molecule has 4 heteroatoms. The van der Waals surface area contributed by atoms with Crippen molar-refractivity contribution in [3.05, 3.63) is 71.3 Å². The lowest BCUT2D eigenvalue weighted by molar-refractivity contribution is 0.0842. The van der Waals surface area contributed by atoms with E-state index >= 15 is 0 Å². The number of hydrogen-bond donors (Lipinski definition) is 1. The number of nitrogens with zero attached hydrogens (tertiary/aromatic N) is 1. The Morgan fingerprint density at radius 1 is 1.17 bits per heavy atom. The summed E-state index contributed by atoms with van der Waals surface area (Å²) in [7, 11) is 4.07. The van der Waals surface area contributed by atoms with Crippen molar-refractivity contribution in [2.24, 2.45) is 0 Å². The summed E-state index contributed by atoms with van der Waals surface area (Å²) >= 11 is 0. The Morgan fingerprint density at radius 2 is 1.90 bits per heavy atom. The number of halogens is 1. The van der Waals surface area contributed by atoms with Crippen LogP contribution in [0.25, 0.3) is 11.6 Å². The Morgan fingerprint density at radius 3 is 2.52 bits per heavy atom. The molecule has 0 aliphatic carbocycles. The maximum atomic E-state index is 12.4. The van der Waals surface area contributed by atoms with Crippen molar-refractivity contribution in [2.75, 3.05) is 32.3 Å². The predicted octanol–water partition coefficient (Wildman–Crippen LogP) is 5.67. The highest BCUT2D eigenvalue weighted by molar-refractivity contribution is 5.80. The van der Waals surface area contributed by atoms with Crippen LogP contribution in [0, 0.1) is 6.92 Å². The molecular weight excluding hydrogens is 365 g/mol. The van der Waals surface area contributed by atoms with Crippen molar-refractivity contribution in [3.8, 4) is 5.75 Å². The molecule has 0 saturated heterocycles. The summed E-state index contributed by atoms with van der Waals surface area (Å²) in [5.74, 6) is 0.622. The highest BCUT2D eigenvalue weighted by Gasteiger charge is 2.06. The third-order valence-electron chi connectivity index (χ3n) is 4.68. The molecule has 0 amide bonds. The quantitative estimate of drug-likeness (QED) is 0.525. The van der Waals surface area contributed by atoms with Crippen molar-refractivity contribution in [1.29, 1.82) is 0 Å². The summed E-state index contributed by atoms with van der Waals surface area (Å²) in [5.41, 5.74) is 5.68. The first-order valence-electron chi connectivity index (χ1n) is 10.1. The van der Waals surface area contributed by atoms with Crippen molar-refractivity contribution < 1.29 is 14.2 Å². The van der Waals surface area contributed by atoms with Gasteiger partial charge in [-0.05, 0) is 59.9 Å². The zero-order chi connectivity index (χ0) is 21.2. The topological polar surface area (TPSA) is 32.7 Å². The largest absolute Gasteiger partial charge is 0.491 e. The molecule has 0 radical (unpaired) electrons. The first-order chi connectivity index (χ1) is 13.9. The number of hydrogen-bond acceptors (Lipinski definition) is 3. The van der Waals surface area contributed by atoms with Gasteiger partial charge >= 0.3 is 0 Å². The minimum absolute atomic E-state index is 0.0530. The van der Waals surface area contributed by atoms with Crippen LogP contribution in [0.1, 0.15) is 36.5 Å². The number of ether oxygens (including phenoxy) is 1. The van der Waals surface area contributed by atoms with Gasteiger partial charge < -0.3 is 14.7 Å². The van der Waals surface area contributed by atoms with Gasteiger partial charge in [-0.2, -0.15) is 0 Å². The Bertz CT molecular complexity index is 825. The van der Waals surface area contributed by atoms with E-state index in [0.717, 1.165) is 24.0 Å². The minimum atomic E-state index is -1.09. The zero-order valence-electron chi connectivity index (χ0n) is 17.9. The fourth-order valence-electron chi connectivity index (χ4n) is 2.84. The zero-order valence-corrected chi connectivity index (χ0v) is 17.9. The summed E-state index contributed by atoms with van der Waals surface area (Å²) in [5, 5.41) is 9.36. The molecular formula is C25H32FNO2. The predicted molar refractivity (Wildman–Crippen MR) is 121 cm³/mol. The van der Waals surface area contributed by atoms with Crippen molar-refractivity contribution in [2.45, 2.75) is 32.8 Å². The lowest BCUT2D eigenvalue weighted by Crippen LogP contribution is -2.19. The molecule has 2 aromatic rings. The van der Waals surface area contributed by atoms with Gasteiger partial charge in [-0.15, -0.1) is 0 Å². The van der Waals surface area contributed by atoms with Gasteiger partial charge in [0, 0.05) is 19.8 Å². The molecule has 0 spiro atoms. The molecule has 1 atom stereocenters. The van der Waals surface area contributed by atoms with E-state index in [1.807, 2.05) is 39.2 Å². The van der Waals surface area contributed by atoms with Gasteiger partial charge in [0.1, 0.15) is 25.1 Å². The van der Waals surface area contributed by atoms with Crippen LogP contribution in [-0.4, -0.2) is 38.6 Å². The standard InChI is InChI=1S/C25H32FNO2/c1-5-6-7-20(21-11-13-23(14-12-21)27(3)4)9-10-22-16-25(15-8-19(22)2)29-18-24(28)17-26/h7-16,24,28H,5-6,17-18H2,1-4H3/b10-9-,20-7-. The van der Waals surface area contributed by atoms with Crippen LogP contribution >= 0.6 is 0 Å². The highest BCUT2D eigenvalue weighted by atomic mass is 19.1. The van der Waals surface area contributed by atoms with Crippen molar-refractivity contribution >= 4 is 17.3 Å². The molecule has 2 rings (SSSR count). The summed E-state index contributed by atoms with van der Waals surface area (Å²) in [6.45, 7) is 3.35. The molecule has 1 unspecified atom stereocenters. The number of alkyl halides is 1. The Hall–Kier alpha value is -2.59. The van der Waals surface area contributed by atoms with Crippen LogP contribution in [0.3, 0.4) is 0 Å². The van der Waals surface area contributed by atoms with E-state index in [1.165, 1.54) is 16.8 Å². The Kier molecular flexibility index (Phi) is 8.94. The molecule has 0 aromatic heterocycles. The molecule has 156 valence electrons. The number of anilines is 1. The SMILES string of the molecule is CCC/C=C(/C=C\c1cc(OCC(O)CF)ccc1C)c1ccc(N(C)C)cc1. The van der Waals surface area contributed by atoms with Gasteiger partial charge in [0.15, 0.2) is 0 Å². The first kappa shape index (κ1) is 22.7. The van der Waals surface area contributed by atoms with Crippen LogP contribution < -0.4 is 9.64 Å². The van der Waals surface area contributed by atoms with Gasteiger partial charge in [0.2, 0.25) is 0 Å². The second kappa shape index (κ2) is 11.4. The van der Waals surface area contributed by atoms with E-state index in [-0.39, 0.29) is 6.61 Å². The van der Waals surface area contributed by atoms with Gasteiger partial charge in [0.05, 0.1) is 0 Å². The molecule has 2 aromatic carbocycles. The summed E-state index contributed by atoms with van der Waals surface area (Å²) in [6.07, 6.45) is 7.47. The van der Waals surface area contributed by atoms with E-state index in [1.54, 1.807) is 0 Å². The number of allylic oxidation sites excluding steroid dienone is 3. The number of benzene rings is 2. The molecule has 0 heterocycles. The van der Waals surface area contributed by atoms with E-state index in [9.17, 15) is 9.50 Å². The van der Waals surface area contributed by atoms with E-state index in [4.69, 9.17) is 4.74 Å². The summed E-state index contributed by atoms with van der Waals surface area (Å²) in [6, 6.07) is 14.3. The number of rotatable bonds is 10. The molecule has 0 aliphatic heterocycles. The normalized spacial score (nSPS) is 13.0. The summed E-state index contributed by atoms with van der Waals surface area (Å²) < 4.78 is 17.9. The van der Waals surface area contributed by atoms with Crippen LogP contribution in [0.15, 0.2) is 54.6 Å². The van der Waals surface area contributed by atoms with E-state index < -0.39 is 12.8 Å². The van der Waals surface area contributed by atoms with Gasteiger partial charge in [-0.25, -0.2) is 4.39 Å². The van der Waals surface area contributed by atoms with Crippen molar-refractivity contribution in [1.82, 2.24) is 0 Å². The van der Waals surface area contributed by atoms with Crippen molar-refractivity contribution in [3.63, 3.8) is 0 Å². The molecule has 3 nitrogen and oxygen atoms in total. The van der Waals surface area contributed by atoms with Gasteiger partial charge in [-0.3, -0.25) is 0 Å². The number of aliphatic hydroxyl groups excluding tert-OH is 1. The minimum Gasteiger partial charge on any atom is -0.491 e. The van der Waals surface area contributed by atoms with Gasteiger partial charge in [0.25, 0.3) is 0 Å². The average Bonchev–Trinajstić information content (AvgIpc) is 2.73. The lowest BCUT2D eigenvalue weighted by Gasteiger charge is -2.13. The van der Waals surface area contributed by atoms with Crippen LogP contribution in [0.2, 0.25) is 0 Å². The maximum absolute atomic E-state index is 12.4. The Balaban J connectivity index is 2.24. The fourth-order valence-corrected chi connectivity index (χ4v) is 2.84. The number of aryl methyl sites for hydroxylation is 1. The smallest absolute Gasteiger partial charge is 0.120 e. The molecule has 0 saturated carbocycles. The monoisotopic (exact) mass is 397 g/mol. The third kappa shape index (κ3) is 7.06. The third-order valence-corrected chi connectivity index (χ3v) is 4.68. The first-order valence-corrected chi connectivity index (χ1v) is 10.1. The van der Waals surface area contributed by atoms with E-state index in [0.29, 0.717) is 5.75 Å². The molecule has 0 bridgehead atoms. The van der Waals surface area contributed by atoms with Crippen LogP contribution in [0.4, 0.5) is 10.1 Å². The number of aliphatic hydroxyl groups is 1. The summed E-state index contributed by atoms with van der Waals surface area (Å²) in [4.78, 5) is 2.09. The van der Waals surface area contributed by atoms with Crippen LogP contribution in [-0.2, 0) is 0 Å². The second-order valence-corrected chi connectivity index (χ2v) is 7.36. The highest BCUT2D eigenvalue weighted by Crippen LogP contribution is 2.24.